The van der Waals surface area contributed by atoms with Crippen molar-refractivity contribution < 1.29 is 28.0 Å². The van der Waals surface area contributed by atoms with Gasteiger partial charge >= 0.3 is 0 Å². The summed E-state index contributed by atoms with van der Waals surface area (Å²) in [6, 6.07) is 10.7. The van der Waals surface area contributed by atoms with Gasteiger partial charge < -0.3 is 10.1 Å². The molecule has 0 aliphatic rings. The van der Waals surface area contributed by atoms with E-state index in [9.17, 15) is 18.0 Å². The van der Waals surface area contributed by atoms with Crippen LogP contribution in [0.5, 0.6) is 5.75 Å². The second-order valence-corrected chi connectivity index (χ2v) is 8.89. The summed E-state index contributed by atoms with van der Waals surface area (Å²) in [5.74, 6) is 4.60. The Morgan fingerprint density at radius 3 is 2.39 bits per heavy atom. The van der Waals surface area contributed by atoms with E-state index in [4.69, 9.17) is 21.5 Å². The van der Waals surface area contributed by atoms with Gasteiger partial charge in [-0.3, -0.25) is 14.8 Å². The van der Waals surface area contributed by atoms with Gasteiger partial charge in [-0.15, -0.1) is 5.92 Å². The van der Waals surface area contributed by atoms with E-state index in [1.807, 2.05) is 0 Å². The van der Waals surface area contributed by atoms with Gasteiger partial charge in [-0.05, 0) is 68.3 Å². The van der Waals surface area contributed by atoms with Crippen LogP contribution in [-0.2, 0) is 14.8 Å². The maximum atomic E-state index is 12.7. The molecule has 0 saturated heterocycles. The molecule has 176 valence electrons. The Balaban J connectivity index is 1.94. The van der Waals surface area contributed by atoms with Crippen LogP contribution in [0.1, 0.15) is 30.1 Å². The molecule has 2 aromatic rings. The first-order valence-electron chi connectivity index (χ1n) is 9.89. The standard InChI is InChI=1S/C22H24ClN3O6S/c1-2-3-15-32-18-10-12-19(13-11-18)33(30,31)26-20(22(28)25-29)5-4-14-24-21(27)16-6-8-17(23)9-7-16/h6-13,20,26,29H,4-5,14-15H2,1H3,(H,24,27)(H,25,28)/t20-/m1/s1. The largest absolute Gasteiger partial charge is 0.481 e. The van der Waals surface area contributed by atoms with Crippen molar-refractivity contribution in [3.8, 4) is 17.6 Å². The van der Waals surface area contributed by atoms with Gasteiger partial charge in [0.1, 0.15) is 18.4 Å². The SMILES string of the molecule is CC#CCOc1ccc(S(=O)(=O)N[C@H](CCCNC(=O)c2ccc(Cl)cc2)C(=O)NO)cc1. The predicted octanol–water partition coefficient (Wildman–Crippen LogP) is 2.10. The molecule has 0 saturated carbocycles. The first-order valence-corrected chi connectivity index (χ1v) is 11.8. The molecule has 9 nitrogen and oxygen atoms in total. The number of hydrogen-bond acceptors (Lipinski definition) is 6. The van der Waals surface area contributed by atoms with Crippen molar-refractivity contribution in [2.24, 2.45) is 0 Å². The van der Waals surface area contributed by atoms with Crippen molar-refractivity contribution in [1.29, 1.82) is 0 Å². The minimum Gasteiger partial charge on any atom is -0.481 e. The van der Waals surface area contributed by atoms with Crippen molar-refractivity contribution in [1.82, 2.24) is 15.5 Å². The van der Waals surface area contributed by atoms with E-state index in [1.54, 1.807) is 31.2 Å². The minimum atomic E-state index is -4.06. The van der Waals surface area contributed by atoms with Crippen LogP contribution in [0.3, 0.4) is 0 Å². The lowest BCUT2D eigenvalue weighted by Gasteiger charge is -2.17. The van der Waals surface area contributed by atoms with Gasteiger partial charge in [-0.2, -0.15) is 4.72 Å². The zero-order valence-electron chi connectivity index (χ0n) is 17.8. The first kappa shape index (κ1) is 26.2. The summed E-state index contributed by atoms with van der Waals surface area (Å²) in [5, 5.41) is 12.2. The van der Waals surface area contributed by atoms with Crippen LogP contribution >= 0.6 is 11.6 Å². The number of hydrogen-bond donors (Lipinski definition) is 4. The molecule has 1 atom stereocenters. The zero-order chi connectivity index (χ0) is 24.3. The number of carbonyl (C=O) groups excluding carboxylic acids is 2. The zero-order valence-corrected chi connectivity index (χ0v) is 19.4. The van der Waals surface area contributed by atoms with Crippen LogP contribution in [0.2, 0.25) is 5.02 Å². The van der Waals surface area contributed by atoms with Crippen LogP contribution in [0.4, 0.5) is 0 Å². The quantitative estimate of drug-likeness (QED) is 0.164. The van der Waals surface area contributed by atoms with Crippen LogP contribution in [-0.4, -0.2) is 44.6 Å². The topological polar surface area (TPSA) is 134 Å². The van der Waals surface area contributed by atoms with Crippen molar-refractivity contribution in [3.05, 3.63) is 59.1 Å². The Labute approximate surface area is 197 Å². The number of halogens is 1. The molecular formula is C22H24ClN3O6S. The van der Waals surface area contributed by atoms with Gasteiger partial charge in [0.2, 0.25) is 10.0 Å². The molecule has 0 heterocycles. The number of nitrogens with one attached hydrogen (secondary N) is 3. The predicted molar refractivity (Wildman–Crippen MR) is 122 cm³/mol. The highest BCUT2D eigenvalue weighted by molar-refractivity contribution is 7.89. The molecule has 33 heavy (non-hydrogen) atoms. The van der Waals surface area contributed by atoms with E-state index in [-0.39, 0.29) is 36.8 Å². The number of sulfonamides is 1. The van der Waals surface area contributed by atoms with Crippen molar-refractivity contribution in [2.75, 3.05) is 13.2 Å². The molecule has 0 aliphatic heterocycles. The third-order valence-electron chi connectivity index (χ3n) is 4.41. The Kier molecular flexibility index (Phi) is 10.2. The molecule has 2 aromatic carbocycles. The Bertz CT molecular complexity index is 1110. The van der Waals surface area contributed by atoms with E-state index in [0.717, 1.165) is 0 Å². The van der Waals surface area contributed by atoms with E-state index in [0.29, 0.717) is 16.3 Å². The lowest BCUT2D eigenvalue weighted by molar-refractivity contribution is -0.131. The van der Waals surface area contributed by atoms with Gasteiger partial charge in [0.15, 0.2) is 0 Å². The highest BCUT2D eigenvalue weighted by Gasteiger charge is 2.25. The number of ether oxygens (including phenoxy) is 1. The fraction of sp³-hybridized carbons (Fsp3) is 0.273. The van der Waals surface area contributed by atoms with Gasteiger partial charge in [-0.1, -0.05) is 17.5 Å². The Hall–Kier alpha value is -3.10. The molecule has 0 bridgehead atoms. The molecule has 2 rings (SSSR count). The van der Waals surface area contributed by atoms with Gasteiger partial charge in [0.25, 0.3) is 11.8 Å². The van der Waals surface area contributed by atoms with Gasteiger partial charge in [-0.25, -0.2) is 13.9 Å². The Morgan fingerprint density at radius 2 is 1.79 bits per heavy atom. The van der Waals surface area contributed by atoms with E-state index < -0.39 is 22.0 Å². The summed E-state index contributed by atoms with van der Waals surface area (Å²) in [6.07, 6.45) is 0.300. The van der Waals surface area contributed by atoms with Gasteiger partial charge in [0.05, 0.1) is 4.90 Å². The molecule has 0 aliphatic carbocycles. The molecule has 0 aromatic heterocycles. The molecule has 0 spiro atoms. The van der Waals surface area contributed by atoms with Crippen molar-refractivity contribution in [2.45, 2.75) is 30.7 Å². The number of rotatable bonds is 11. The maximum absolute atomic E-state index is 12.7. The summed E-state index contributed by atoms with van der Waals surface area (Å²) in [7, 11) is -4.06. The normalized spacial score (nSPS) is 11.6. The minimum absolute atomic E-state index is 0.0312. The fourth-order valence-electron chi connectivity index (χ4n) is 2.69. The highest BCUT2D eigenvalue weighted by Crippen LogP contribution is 2.17. The molecule has 0 unspecified atom stereocenters. The lowest BCUT2D eigenvalue weighted by Crippen LogP contribution is -2.46. The molecular weight excluding hydrogens is 470 g/mol. The van der Waals surface area contributed by atoms with E-state index >= 15 is 0 Å². The average Bonchev–Trinajstić information content (AvgIpc) is 2.81. The maximum Gasteiger partial charge on any atom is 0.261 e. The summed E-state index contributed by atoms with van der Waals surface area (Å²) in [5.41, 5.74) is 1.87. The molecule has 0 fully saturated rings. The Morgan fingerprint density at radius 1 is 1.12 bits per heavy atom. The molecule has 4 N–H and O–H groups in total. The second kappa shape index (κ2) is 12.8. The number of hydroxylamine groups is 1. The lowest BCUT2D eigenvalue weighted by atomic mass is 10.1. The van der Waals surface area contributed by atoms with Crippen molar-refractivity contribution in [3.63, 3.8) is 0 Å². The van der Waals surface area contributed by atoms with Crippen LogP contribution < -0.4 is 20.3 Å². The summed E-state index contributed by atoms with van der Waals surface area (Å²) in [4.78, 5) is 24.0. The smallest absolute Gasteiger partial charge is 0.261 e. The summed E-state index contributed by atoms with van der Waals surface area (Å²) >= 11 is 5.79. The average molecular weight is 494 g/mol. The first-order chi connectivity index (χ1) is 15.8. The molecule has 0 radical (unpaired) electrons. The third kappa shape index (κ3) is 8.40. The molecule has 2 amide bonds. The van der Waals surface area contributed by atoms with Gasteiger partial charge in [0, 0.05) is 17.1 Å². The van der Waals surface area contributed by atoms with Crippen LogP contribution in [0.15, 0.2) is 53.4 Å². The highest BCUT2D eigenvalue weighted by atomic mass is 35.5. The number of benzene rings is 2. The van der Waals surface area contributed by atoms with Crippen molar-refractivity contribution >= 4 is 33.4 Å². The number of amides is 2. The fourth-order valence-corrected chi connectivity index (χ4v) is 4.05. The van der Waals surface area contributed by atoms with E-state index in [1.165, 1.54) is 29.7 Å². The van der Waals surface area contributed by atoms with Crippen LogP contribution in [0.25, 0.3) is 0 Å². The monoisotopic (exact) mass is 493 g/mol. The third-order valence-corrected chi connectivity index (χ3v) is 6.15. The molecule has 11 heteroatoms. The summed E-state index contributed by atoms with van der Waals surface area (Å²) in [6.45, 7) is 2.04. The number of carbonyl (C=O) groups is 2. The second-order valence-electron chi connectivity index (χ2n) is 6.74. The summed E-state index contributed by atoms with van der Waals surface area (Å²) < 4.78 is 33.0. The van der Waals surface area contributed by atoms with E-state index in [2.05, 4.69) is 21.9 Å². The van der Waals surface area contributed by atoms with Crippen LogP contribution in [0, 0.1) is 11.8 Å².